The maximum Gasteiger partial charge on any atom is 0.118 e. The van der Waals surface area contributed by atoms with Gasteiger partial charge < -0.3 is 19.7 Å². The van der Waals surface area contributed by atoms with Crippen molar-refractivity contribution in [3.8, 4) is 5.75 Å². The number of hydrogen-bond acceptors (Lipinski definition) is 4. The summed E-state index contributed by atoms with van der Waals surface area (Å²) in [6.07, 6.45) is -0.0229. The maximum atomic E-state index is 9.47. The van der Waals surface area contributed by atoms with Gasteiger partial charge >= 0.3 is 0 Å². The van der Waals surface area contributed by atoms with Gasteiger partial charge in [-0.15, -0.1) is 6.58 Å². The van der Waals surface area contributed by atoms with E-state index in [1.807, 2.05) is 24.3 Å². The molecule has 0 aliphatic carbocycles. The van der Waals surface area contributed by atoms with E-state index in [1.54, 1.807) is 7.11 Å². The van der Waals surface area contributed by atoms with Crippen LogP contribution in [0.4, 0.5) is 0 Å². The predicted octanol–water partition coefficient (Wildman–Crippen LogP) is 1.51. The first-order chi connectivity index (χ1) is 8.67. The highest BCUT2D eigenvalue weighted by Gasteiger charge is 2.11. The monoisotopic (exact) mass is 252 g/mol. The van der Waals surface area contributed by atoms with Crippen molar-refractivity contribution in [1.29, 1.82) is 0 Å². The molecule has 0 unspecified atom stereocenters. The topological polar surface area (TPSA) is 58.9 Å². The Morgan fingerprint density at radius 2 is 1.94 bits per heavy atom. The molecular formula is C14H20O4. The number of hydrogen-bond donors (Lipinski definition) is 2. The van der Waals surface area contributed by atoms with Crippen molar-refractivity contribution in [1.82, 2.24) is 0 Å². The van der Waals surface area contributed by atoms with E-state index >= 15 is 0 Å². The largest absolute Gasteiger partial charge is 0.497 e. The van der Waals surface area contributed by atoms with E-state index in [0.717, 1.165) is 11.3 Å². The van der Waals surface area contributed by atoms with Crippen molar-refractivity contribution >= 4 is 0 Å². The summed E-state index contributed by atoms with van der Waals surface area (Å²) >= 11 is 0. The van der Waals surface area contributed by atoms with Crippen LogP contribution in [0.15, 0.2) is 36.9 Å². The SMILES string of the molecule is C=C[C@H](O)[C@@H](O)CCOCc1ccc(OC)cc1. The summed E-state index contributed by atoms with van der Waals surface area (Å²) in [5.74, 6) is 0.809. The zero-order chi connectivity index (χ0) is 13.4. The van der Waals surface area contributed by atoms with Crippen LogP contribution < -0.4 is 4.74 Å². The Morgan fingerprint density at radius 3 is 2.50 bits per heavy atom. The molecule has 0 aliphatic heterocycles. The second kappa shape index (κ2) is 7.87. The lowest BCUT2D eigenvalue weighted by atomic mass is 10.1. The van der Waals surface area contributed by atoms with Crippen molar-refractivity contribution in [2.75, 3.05) is 13.7 Å². The molecule has 0 fully saturated rings. The summed E-state index contributed by atoms with van der Waals surface area (Å²) < 4.78 is 10.5. The van der Waals surface area contributed by atoms with Crippen molar-refractivity contribution in [2.24, 2.45) is 0 Å². The van der Waals surface area contributed by atoms with E-state index in [1.165, 1.54) is 6.08 Å². The second-order valence-corrected chi connectivity index (χ2v) is 3.98. The first-order valence-corrected chi connectivity index (χ1v) is 5.86. The molecule has 100 valence electrons. The minimum Gasteiger partial charge on any atom is -0.497 e. The number of rotatable bonds is 8. The summed E-state index contributed by atoms with van der Waals surface area (Å²) in [5.41, 5.74) is 1.04. The van der Waals surface area contributed by atoms with Crippen LogP contribution in [-0.4, -0.2) is 36.1 Å². The van der Waals surface area contributed by atoms with Gasteiger partial charge in [-0.3, -0.25) is 0 Å². The van der Waals surface area contributed by atoms with Crippen LogP contribution in [-0.2, 0) is 11.3 Å². The third-order valence-electron chi connectivity index (χ3n) is 2.62. The number of aliphatic hydroxyl groups is 2. The van der Waals surface area contributed by atoms with Crippen molar-refractivity contribution in [2.45, 2.75) is 25.2 Å². The fourth-order valence-corrected chi connectivity index (χ4v) is 1.44. The molecule has 1 rings (SSSR count). The normalized spacial score (nSPS) is 13.9. The van der Waals surface area contributed by atoms with E-state index in [0.29, 0.717) is 19.6 Å². The van der Waals surface area contributed by atoms with Crippen molar-refractivity contribution in [3.63, 3.8) is 0 Å². The molecule has 1 aromatic carbocycles. The summed E-state index contributed by atoms with van der Waals surface area (Å²) in [4.78, 5) is 0. The molecule has 0 saturated carbocycles. The Kier molecular flexibility index (Phi) is 6.43. The number of methoxy groups -OCH3 is 1. The Morgan fingerprint density at radius 1 is 1.28 bits per heavy atom. The Labute approximate surface area is 107 Å². The van der Waals surface area contributed by atoms with Gasteiger partial charge in [-0.05, 0) is 24.1 Å². The van der Waals surface area contributed by atoms with Gasteiger partial charge in [0.2, 0.25) is 0 Å². The Balaban J connectivity index is 2.23. The van der Waals surface area contributed by atoms with E-state index in [-0.39, 0.29) is 0 Å². The van der Waals surface area contributed by atoms with Gasteiger partial charge in [0.05, 0.1) is 25.9 Å². The highest BCUT2D eigenvalue weighted by molar-refractivity contribution is 5.26. The minimum absolute atomic E-state index is 0.378. The molecule has 4 heteroatoms. The van der Waals surface area contributed by atoms with Crippen LogP contribution in [0, 0.1) is 0 Å². The van der Waals surface area contributed by atoms with Crippen LogP contribution in [0.25, 0.3) is 0 Å². The quantitative estimate of drug-likeness (QED) is 0.544. The highest BCUT2D eigenvalue weighted by atomic mass is 16.5. The molecule has 4 nitrogen and oxygen atoms in total. The summed E-state index contributed by atoms with van der Waals surface area (Å²) in [6, 6.07) is 7.59. The predicted molar refractivity (Wildman–Crippen MR) is 69.5 cm³/mol. The first kappa shape index (κ1) is 14.7. The van der Waals surface area contributed by atoms with Crippen LogP contribution in [0.3, 0.4) is 0 Å². The average molecular weight is 252 g/mol. The molecule has 18 heavy (non-hydrogen) atoms. The Hall–Kier alpha value is -1.36. The van der Waals surface area contributed by atoms with Gasteiger partial charge in [0.1, 0.15) is 5.75 Å². The van der Waals surface area contributed by atoms with Crippen LogP contribution in [0.2, 0.25) is 0 Å². The highest BCUT2D eigenvalue weighted by Crippen LogP contribution is 2.12. The van der Waals surface area contributed by atoms with Gasteiger partial charge in [0.15, 0.2) is 0 Å². The van der Waals surface area contributed by atoms with Crippen LogP contribution in [0.1, 0.15) is 12.0 Å². The fourth-order valence-electron chi connectivity index (χ4n) is 1.44. The lowest BCUT2D eigenvalue weighted by molar-refractivity contribution is 0.0148. The molecule has 2 N–H and O–H groups in total. The van der Waals surface area contributed by atoms with Crippen LogP contribution >= 0.6 is 0 Å². The van der Waals surface area contributed by atoms with Gasteiger partial charge in [-0.25, -0.2) is 0 Å². The second-order valence-electron chi connectivity index (χ2n) is 3.98. The maximum absolute atomic E-state index is 9.47. The van der Waals surface area contributed by atoms with E-state index in [2.05, 4.69) is 6.58 Å². The molecule has 0 spiro atoms. The minimum atomic E-state index is -0.894. The van der Waals surface area contributed by atoms with Gasteiger partial charge in [0, 0.05) is 6.61 Å². The van der Waals surface area contributed by atoms with E-state index in [9.17, 15) is 10.2 Å². The van der Waals surface area contributed by atoms with E-state index in [4.69, 9.17) is 9.47 Å². The van der Waals surface area contributed by atoms with Gasteiger partial charge in [-0.1, -0.05) is 18.2 Å². The molecule has 0 bridgehead atoms. The molecule has 0 aliphatic rings. The van der Waals surface area contributed by atoms with Crippen molar-refractivity contribution in [3.05, 3.63) is 42.5 Å². The fraction of sp³-hybridized carbons (Fsp3) is 0.429. The van der Waals surface area contributed by atoms with Gasteiger partial charge in [0.25, 0.3) is 0 Å². The third-order valence-corrected chi connectivity index (χ3v) is 2.62. The standard InChI is InChI=1S/C14H20O4/c1-3-13(15)14(16)8-9-18-10-11-4-6-12(17-2)7-5-11/h3-7,13-16H,1,8-10H2,2H3/t13-,14-/m0/s1. The number of benzene rings is 1. The molecule has 1 aromatic rings. The number of ether oxygens (including phenoxy) is 2. The molecule has 0 saturated heterocycles. The molecule has 0 aromatic heterocycles. The third kappa shape index (κ3) is 4.87. The van der Waals surface area contributed by atoms with E-state index < -0.39 is 12.2 Å². The van der Waals surface area contributed by atoms with Gasteiger partial charge in [-0.2, -0.15) is 0 Å². The summed E-state index contributed by atoms with van der Waals surface area (Å²) in [7, 11) is 1.62. The van der Waals surface area contributed by atoms with Crippen molar-refractivity contribution < 1.29 is 19.7 Å². The molecule has 0 heterocycles. The Bertz CT molecular complexity index is 347. The lowest BCUT2D eigenvalue weighted by Gasteiger charge is -2.14. The molecule has 0 amide bonds. The first-order valence-electron chi connectivity index (χ1n) is 5.86. The summed E-state index contributed by atoms with van der Waals surface area (Å²) in [6.45, 7) is 4.27. The van der Waals surface area contributed by atoms with Crippen LogP contribution in [0.5, 0.6) is 5.75 Å². The molecule has 2 atom stereocenters. The molecular weight excluding hydrogens is 232 g/mol. The zero-order valence-corrected chi connectivity index (χ0v) is 10.6. The average Bonchev–Trinajstić information content (AvgIpc) is 2.43. The molecule has 0 radical (unpaired) electrons. The smallest absolute Gasteiger partial charge is 0.118 e. The number of aliphatic hydroxyl groups excluding tert-OH is 2. The lowest BCUT2D eigenvalue weighted by Crippen LogP contribution is -2.24. The zero-order valence-electron chi connectivity index (χ0n) is 10.6. The summed E-state index contributed by atoms with van der Waals surface area (Å²) in [5, 5.41) is 18.7.